The van der Waals surface area contributed by atoms with E-state index in [4.69, 9.17) is 9.26 Å². The fourth-order valence-corrected chi connectivity index (χ4v) is 3.15. The van der Waals surface area contributed by atoms with E-state index in [1.54, 1.807) is 7.11 Å². The maximum Gasteiger partial charge on any atom is 0.227 e. The van der Waals surface area contributed by atoms with Crippen LogP contribution in [0, 0.1) is 5.92 Å². The normalized spacial score (nSPS) is 18.7. The molecule has 1 atom stereocenters. The van der Waals surface area contributed by atoms with Crippen LogP contribution < -0.4 is 10.1 Å². The van der Waals surface area contributed by atoms with Gasteiger partial charge in [-0.3, -0.25) is 0 Å². The number of benzene rings is 1. The molecular formula is C15H18BrN3O2. The number of hydrogen-bond donors (Lipinski definition) is 1. The van der Waals surface area contributed by atoms with E-state index < -0.39 is 0 Å². The van der Waals surface area contributed by atoms with Gasteiger partial charge in [0.1, 0.15) is 5.75 Å². The SMILES string of the molecule is COc1ccc(-c2noc(CC3CCCNC3)n2)cc1Br. The Bertz CT molecular complexity index is 609. The first-order valence-electron chi connectivity index (χ1n) is 7.13. The lowest BCUT2D eigenvalue weighted by Gasteiger charge is -2.20. The first-order chi connectivity index (χ1) is 10.3. The minimum Gasteiger partial charge on any atom is -0.496 e. The summed E-state index contributed by atoms with van der Waals surface area (Å²) in [7, 11) is 1.64. The molecule has 112 valence electrons. The second-order valence-electron chi connectivity index (χ2n) is 5.28. The summed E-state index contributed by atoms with van der Waals surface area (Å²) in [4.78, 5) is 4.50. The van der Waals surface area contributed by atoms with Crippen molar-refractivity contribution < 1.29 is 9.26 Å². The maximum absolute atomic E-state index is 5.38. The molecule has 1 N–H and O–H groups in total. The molecule has 0 bridgehead atoms. The molecule has 1 unspecified atom stereocenters. The van der Waals surface area contributed by atoms with E-state index in [1.807, 2.05) is 18.2 Å². The van der Waals surface area contributed by atoms with E-state index in [1.165, 1.54) is 12.8 Å². The van der Waals surface area contributed by atoms with Gasteiger partial charge in [-0.2, -0.15) is 4.98 Å². The third-order valence-corrected chi connectivity index (χ3v) is 4.36. The standard InChI is InChI=1S/C15H18BrN3O2/c1-20-13-5-4-11(8-12(13)16)15-18-14(21-19-15)7-10-3-2-6-17-9-10/h4-5,8,10,17H,2-3,6-7,9H2,1H3. The van der Waals surface area contributed by atoms with Crippen LogP contribution in [-0.4, -0.2) is 30.3 Å². The first kappa shape index (κ1) is 14.5. The van der Waals surface area contributed by atoms with Crippen molar-refractivity contribution in [1.82, 2.24) is 15.5 Å². The fraction of sp³-hybridized carbons (Fsp3) is 0.467. The van der Waals surface area contributed by atoms with Gasteiger partial charge in [0.2, 0.25) is 11.7 Å². The summed E-state index contributed by atoms with van der Waals surface area (Å²) in [5.74, 6) is 2.72. The minimum atomic E-state index is 0.592. The molecule has 1 fully saturated rings. The van der Waals surface area contributed by atoms with Crippen molar-refractivity contribution in [3.8, 4) is 17.1 Å². The van der Waals surface area contributed by atoms with Crippen LogP contribution >= 0.6 is 15.9 Å². The van der Waals surface area contributed by atoms with Crippen molar-refractivity contribution in [2.24, 2.45) is 5.92 Å². The van der Waals surface area contributed by atoms with Crippen LogP contribution in [0.2, 0.25) is 0 Å². The fourth-order valence-electron chi connectivity index (χ4n) is 2.61. The van der Waals surface area contributed by atoms with E-state index in [0.29, 0.717) is 17.6 Å². The van der Waals surface area contributed by atoms with E-state index in [2.05, 4.69) is 31.4 Å². The van der Waals surface area contributed by atoms with Crippen molar-refractivity contribution in [3.63, 3.8) is 0 Å². The predicted octanol–water partition coefficient (Wildman–Crippen LogP) is 3.05. The molecule has 1 aliphatic heterocycles. The Morgan fingerprint density at radius 3 is 3.10 bits per heavy atom. The number of hydrogen-bond acceptors (Lipinski definition) is 5. The van der Waals surface area contributed by atoms with Gasteiger partial charge in [-0.25, -0.2) is 0 Å². The molecule has 6 heteroatoms. The summed E-state index contributed by atoms with van der Waals surface area (Å²) in [6.07, 6.45) is 3.28. The highest BCUT2D eigenvalue weighted by Crippen LogP contribution is 2.29. The molecule has 1 aromatic carbocycles. The van der Waals surface area contributed by atoms with Crippen LogP contribution in [0.1, 0.15) is 18.7 Å². The van der Waals surface area contributed by atoms with Crippen LogP contribution in [0.3, 0.4) is 0 Å². The van der Waals surface area contributed by atoms with Gasteiger partial charge in [0.05, 0.1) is 11.6 Å². The Kier molecular flexibility index (Phi) is 4.55. The van der Waals surface area contributed by atoms with Gasteiger partial charge in [0.15, 0.2) is 0 Å². The second kappa shape index (κ2) is 6.58. The second-order valence-corrected chi connectivity index (χ2v) is 6.13. The van der Waals surface area contributed by atoms with Crippen LogP contribution in [0.5, 0.6) is 5.75 Å². The molecular weight excluding hydrogens is 334 g/mol. The number of halogens is 1. The Morgan fingerprint density at radius 2 is 2.38 bits per heavy atom. The zero-order chi connectivity index (χ0) is 14.7. The lowest BCUT2D eigenvalue weighted by molar-refractivity contribution is 0.316. The molecule has 0 aliphatic carbocycles. The summed E-state index contributed by atoms with van der Waals surface area (Å²) in [6.45, 7) is 2.15. The monoisotopic (exact) mass is 351 g/mol. The number of piperidine rings is 1. The van der Waals surface area contributed by atoms with Gasteiger partial charge >= 0.3 is 0 Å². The summed E-state index contributed by atoms with van der Waals surface area (Å²) in [6, 6.07) is 5.76. The molecule has 0 amide bonds. The van der Waals surface area contributed by atoms with Gasteiger partial charge < -0.3 is 14.6 Å². The lowest BCUT2D eigenvalue weighted by atomic mass is 9.96. The molecule has 1 aromatic heterocycles. The van der Waals surface area contributed by atoms with Gasteiger partial charge in [-0.1, -0.05) is 5.16 Å². The van der Waals surface area contributed by atoms with Crippen LogP contribution in [0.25, 0.3) is 11.4 Å². The first-order valence-corrected chi connectivity index (χ1v) is 7.93. The predicted molar refractivity (Wildman–Crippen MR) is 83.3 cm³/mol. The van der Waals surface area contributed by atoms with Gasteiger partial charge in [0, 0.05) is 12.0 Å². The molecule has 1 saturated heterocycles. The van der Waals surface area contributed by atoms with Crippen LogP contribution in [0.15, 0.2) is 27.2 Å². The molecule has 2 heterocycles. The third-order valence-electron chi connectivity index (χ3n) is 3.74. The number of methoxy groups -OCH3 is 1. The van der Waals surface area contributed by atoms with E-state index >= 15 is 0 Å². The summed E-state index contributed by atoms with van der Waals surface area (Å²) < 4.78 is 11.5. The number of nitrogens with zero attached hydrogens (tertiary/aromatic N) is 2. The van der Waals surface area contributed by atoms with E-state index in [0.717, 1.165) is 35.3 Å². The molecule has 0 saturated carbocycles. The highest BCUT2D eigenvalue weighted by atomic mass is 79.9. The molecule has 1 aliphatic rings. The minimum absolute atomic E-state index is 0.592. The molecule has 0 spiro atoms. The quantitative estimate of drug-likeness (QED) is 0.917. The van der Waals surface area contributed by atoms with Gasteiger partial charge in [-0.05, 0) is 66.0 Å². The van der Waals surface area contributed by atoms with Crippen molar-refractivity contribution in [2.75, 3.05) is 20.2 Å². The molecule has 0 radical (unpaired) electrons. The third kappa shape index (κ3) is 3.44. The lowest BCUT2D eigenvalue weighted by Crippen LogP contribution is -2.30. The highest BCUT2D eigenvalue weighted by Gasteiger charge is 2.18. The topological polar surface area (TPSA) is 60.2 Å². The molecule has 3 rings (SSSR count). The Morgan fingerprint density at radius 1 is 1.48 bits per heavy atom. The molecule has 5 nitrogen and oxygen atoms in total. The van der Waals surface area contributed by atoms with Crippen LogP contribution in [-0.2, 0) is 6.42 Å². The van der Waals surface area contributed by atoms with Crippen LogP contribution in [0.4, 0.5) is 0 Å². The number of rotatable bonds is 4. The number of nitrogens with one attached hydrogen (secondary N) is 1. The average Bonchev–Trinajstić information content (AvgIpc) is 2.97. The molecule has 2 aromatic rings. The zero-order valence-electron chi connectivity index (χ0n) is 11.9. The van der Waals surface area contributed by atoms with Gasteiger partial charge in [0.25, 0.3) is 0 Å². The van der Waals surface area contributed by atoms with E-state index in [9.17, 15) is 0 Å². The number of aromatic nitrogens is 2. The Balaban J connectivity index is 1.73. The van der Waals surface area contributed by atoms with Crippen molar-refractivity contribution >= 4 is 15.9 Å². The summed E-state index contributed by atoms with van der Waals surface area (Å²) >= 11 is 3.47. The molecule has 21 heavy (non-hydrogen) atoms. The summed E-state index contributed by atoms with van der Waals surface area (Å²) in [5.41, 5.74) is 0.916. The zero-order valence-corrected chi connectivity index (χ0v) is 13.5. The summed E-state index contributed by atoms with van der Waals surface area (Å²) in [5, 5.41) is 7.48. The highest BCUT2D eigenvalue weighted by molar-refractivity contribution is 9.10. The van der Waals surface area contributed by atoms with Crippen molar-refractivity contribution in [2.45, 2.75) is 19.3 Å². The van der Waals surface area contributed by atoms with E-state index in [-0.39, 0.29) is 0 Å². The Hall–Kier alpha value is -1.40. The maximum atomic E-state index is 5.38. The smallest absolute Gasteiger partial charge is 0.227 e. The Labute approximate surface area is 132 Å². The largest absolute Gasteiger partial charge is 0.496 e. The van der Waals surface area contributed by atoms with Crippen molar-refractivity contribution in [3.05, 3.63) is 28.6 Å². The average molecular weight is 352 g/mol. The van der Waals surface area contributed by atoms with Crippen molar-refractivity contribution in [1.29, 1.82) is 0 Å². The number of ether oxygens (including phenoxy) is 1. The van der Waals surface area contributed by atoms with Gasteiger partial charge in [-0.15, -0.1) is 0 Å².